The standard InChI is InChI=1S/C14H12F3N5O5S2/c15-14(16,17)4-27-21-7(5-3-29-13(18)19-5)9(23)20-8-10(24)22-6(12(25)26)1-2-28-11(8)22/h1,3,8,11H,2,4H2,(H2,18,19)(H,20,23)(H,25,26)/t8?,11-/m0/s1. The molecule has 2 aliphatic heterocycles. The largest absolute Gasteiger partial charge is 0.477 e. The predicted molar refractivity (Wildman–Crippen MR) is 95.8 cm³/mol. The normalized spacial score (nSPS) is 21.8. The number of amides is 2. The molecular weight excluding hydrogens is 439 g/mol. The molecule has 1 unspecified atom stereocenters. The minimum Gasteiger partial charge on any atom is -0.477 e. The lowest BCUT2D eigenvalue weighted by Gasteiger charge is -2.48. The van der Waals surface area contributed by atoms with E-state index >= 15 is 0 Å². The first-order chi connectivity index (χ1) is 13.6. The molecule has 1 fully saturated rings. The number of thiazole rings is 1. The first-order valence-electron chi connectivity index (χ1n) is 7.75. The van der Waals surface area contributed by atoms with Crippen molar-refractivity contribution in [3.8, 4) is 0 Å². The van der Waals surface area contributed by atoms with Gasteiger partial charge in [-0.3, -0.25) is 14.5 Å². The highest BCUT2D eigenvalue weighted by Crippen LogP contribution is 2.37. The number of carbonyl (C=O) groups is 3. The molecule has 0 aliphatic carbocycles. The summed E-state index contributed by atoms with van der Waals surface area (Å²) >= 11 is 2.14. The van der Waals surface area contributed by atoms with Crippen LogP contribution in [0.5, 0.6) is 0 Å². The fourth-order valence-electron chi connectivity index (χ4n) is 2.52. The van der Waals surface area contributed by atoms with Crippen LogP contribution in [-0.4, -0.2) is 68.4 Å². The molecule has 15 heteroatoms. The van der Waals surface area contributed by atoms with Gasteiger partial charge in [-0.05, 0) is 6.08 Å². The summed E-state index contributed by atoms with van der Waals surface area (Å²) in [6.07, 6.45) is -3.30. The number of anilines is 1. The maximum atomic E-state index is 12.6. The van der Waals surface area contributed by atoms with Gasteiger partial charge in [0.05, 0.1) is 0 Å². The van der Waals surface area contributed by atoms with E-state index in [9.17, 15) is 27.6 Å². The van der Waals surface area contributed by atoms with E-state index in [-0.39, 0.29) is 16.5 Å². The number of carboxylic acids is 1. The Bertz CT molecular complexity index is 916. The van der Waals surface area contributed by atoms with Crippen LogP contribution in [0.4, 0.5) is 18.3 Å². The minimum atomic E-state index is -4.67. The zero-order chi connectivity index (χ0) is 21.3. The summed E-state index contributed by atoms with van der Waals surface area (Å²) in [7, 11) is 0. The van der Waals surface area contributed by atoms with Gasteiger partial charge in [-0.15, -0.1) is 23.1 Å². The highest BCUT2D eigenvalue weighted by atomic mass is 32.2. The Morgan fingerprint density at radius 3 is 2.79 bits per heavy atom. The van der Waals surface area contributed by atoms with Crippen LogP contribution in [0.1, 0.15) is 5.69 Å². The highest BCUT2D eigenvalue weighted by molar-refractivity contribution is 8.00. The maximum Gasteiger partial charge on any atom is 0.425 e. The molecule has 0 aromatic carbocycles. The number of thioether (sulfide) groups is 1. The Hall–Kier alpha value is -2.81. The van der Waals surface area contributed by atoms with E-state index in [2.05, 4.69) is 20.3 Å². The highest BCUT2D eigenvalue weighted by Gasteiger charge is 2.53. The van der Waals surface area contributed by atoms with Crippen LogP contribution in [0.15, 0.2) is 22.3 Å². The van der Waals surface area contributed by atoms with Crippen molar-refractivity contribution in [2.45, 2.75) is 17.6 Å². The summed E-state index contributed by atoms with van der Waals surface area (Å²) in [4.78, 5) is 45.1. The number of hydrogen-bond acceptors (Lipinski definition) is 9. The quantitative estimate of drug-likeness (QED) is 0.319. The van der Waals surface area contributed by atoms with Gasteiger partial charge in [-0.2, -0.15) is 13.2 Å². The molecule has 1 aromatic rings. The van der Waals surface area contributed by atoms with E-state index in [0.29, 0.717) is 5.75 Å². The van der Waals surface area contributed by atoms with E-state index in [4.69, 9.17) is 10.8 Å². The second-order valence-corrected chi connectivity index (χ2v) is 7.72. The number of rotatable bonds is 6. The topological polar surface area (TPSA) is 147 Å². The summed E-state index contributed by atoms with van der Waals surface area (Å²) < 4.78 is 36.9. The number of halogens is 3. The van der Waals surface area contributed by atoms with E-state index in [1.807, 2.05) is 0 Å². The average molecular weight is 451 g/mol. The first kappa shape index (κ1) is 20.9. The van der Waals surface area contributed by atoms with Crippen molar-refractivity contribution in [3.05, 3.63) is 22.8 Å². The third-order valence-corrected chi connectivity index (χ3v) is 5.57. The fourth-order valence-corrected chi connectivity index (χ4v) is 4.26. The van der Waals surface area contributed by atoms with Crippen LogP contribution in [-0.2, 0) is 19.2 Å². The molecule has 3 heterocycles. The van der Waals surface area contributed by atoms with Gasteiger partial charge >= 0.3 is 12.1 Å². The molecule has 0 spiro atoms. The maximum absolute atomic E-state index is 12.6. The first-order valence-corrected chi connectivity index (χ1v) is 9.68. The number of aromatic nitrogens is 1. The van der Waals surface area contributed by atoms with Gasteiger partial charge in [-0.25, -0.2) is 9.78 Å². The molecule has 0 radical (unpaired) electrons. The Morgan fingerprint density at radius 2 is 2.21 bits per heavy atom. The Balaban J connectivity index is 1.75. The lowest BCUT2D eigenvalue weighted by molar-refractivity contribution is -0.174. The molecule has 2 amide bonds. The summed E-state index contributed by atoms with van der Waals surface area (Å²) in [5.74, 6) is -2.66. The van der Waals surface area contributed by atoms with Crippen molar-refractivity contribution >= 4 is 51.7 Å². The van der Waals surface area contributed by atoms with Gasteiger partial charge in [0, 0.05) is 11.1 Å². The second kappa shape index (κ2) is 7.90. The number of oxime groups is 1. The molecule has 4 N–H and O–H groups in total. The van der Waals surface area contributed by atoms with Crippen LogP contribution < -0.4 is 11.1 Å². The number of nitrogens with one attached hydrogen (secondary N) is 1. The zero-order valence-corrected chi connectivity index (χ0v) is 15.8. The zero-order valence-electron chi connectivity index (χ0n) is 14.2. The summed E-state index contributed by atoms with van der Waals surface area (Å²) in [5, 5.41) is 15.4. The summed E-state index contributed by atoms with van der Waals surface area (Å²) in [6.45, 7) is -1.73. The van der Waals surface area contributed by atoms with E-state index in [0.717, 1.165) is 16.2 Å². The van der Waals surface area contributed by atoms with Crippen molar-refractivity contribution in [1.82, 2.24) is 15.2 Å². The smallest absolute Gasteiger partial charge is 0.425 e. The van der Waals surface area contributed by atoms with Crippen LogP contribution in [0.3, 0.4) is 0 Å². The SMILES string of the molecule is Nc1nc(C(=NOCC(F)(F)F)C(=O)NC2C(=O)N3C(C(=O)O)=CCS[C@@H]23)cs1. The number of hydrogen-bond donors (Lipinski definition) is 3. The third kappa shape index (κ3) is 4.45. The van der Waals surface area contributed by atoms with Crippen molar-refractivity contribution in [2.75, 3.05) is 18.1 Å². The number of aliphatic carboxylic acids is 1. The van der Waals surface area contributed by atoms with Crippen LogP contribution in [0.25, 0.3) is 0 Å². The lowest BCUT2D eigenvalue weighted by Crippen LogP contribution is -2.70. The average Bonchev–Trinajstić information content (AvgIpc) is 3.07. The van der Waals surface area contributed by atoms with Gasteiger partial charge in [0.1, 0.15) is 22.8 Å². The second-order valence-electron chi connectivity index (χ2n) is 5.68. The number of nitrogens with zero attached hydrogens (tertiary/aromatic N) is 3. The molecule has 0 bridgehead atoms. The Morgan fingerprint density at radius 1 is 1.48 bits per heavy atom. The summed E-state index contributed by atoms with van der Waals surface area (Å²) in [5.41, 5.74) is 4.56. The molecule has 1 saturated heterocycles. The van der Waals surface area contributed by atoms with Gasteiger partial charge < -0.3 is 21.0 Å². The molecule has 10 nitrogen and oxygen atoms in total. The molecule has 1 aromatic heterocycles. The monoisotopic (exact) mass is 451 g/mol. The molecule has 2 aliphatic rings. The molecular formula is C14H12F3N5O5S2. The molecule has 2 atom stereocenters. The Labute approximate surface area is 168 Å². The molecule has 156 valence electrons. The third-order valence-electron chi connectivity index (χ3n) is 3.72. The minimum absolute atomic E-state index is 0.0429. The number of fused-ring (bicyclic) bond motifs is 1. The van der Waals surface area contributed by atoms with Crippen molar-refractivity contribution < 1.29 is 37.5 Å². The van der Waals surface area contributed by atoms with Gasteiger partial charge in [0.25, 0.3) is 11.8 Å². The number of nitrogens with two attached hydrogens (primary N) is 1. The Kier molecular flexibility index (Phi) is 5.70. The van der Waals surface area contributed by atoms with E-state index < -0.39 is 47.7 Å². The van der Waals surface area contributed by atoms with Crippen LogP contribution in [0, 0.1) is 0 Å². The number of alkyl halides is 3. The number of β-lactam (4-membered cyclic amide) rings is 1. The van der Waals surface area contributed by atoms with Crippen molar-refractivity contribution in [2.24, 2.45) is 5.16 Å². The predicted octanol–water partition coefficient (Wildman–Crippen LogP) is 0.377. The molecule has 3 rings (SSSR count). The van der Waals surface area contributed by atoms with Crippen LogP contribution >= 0.6 is 23.1 Å². The lowest BCUT2D eigenvalue weighted by atomic mass is 10.0. The number of carboxylic acid groups (broad SMARTS) is 1. The van der Waals surface area contributed by atoms with Gasteiger partial charge in [0.2, 0.25) is 6.61 Å². The van der Waals surface area contributed by atoms with Gasteiger partial charge in [-0.1, -0.05) is 5.16 Å². The summed E-state index contributed by atoms with van der Waals surface area (Å²) in [6, 6.07) is -1.08. The van der Waals surface area contributed by atoms with Crippen molar-refractivity contribution in [3.63, 3.8) is 0 Å². The van der Waals surface area contributed by atoms with E-state index in [1.165, 1.54) is 23.2 Å². The molecule has 0 saturated carbocycles. The van der Waals surface area contributed by atoms with E-state index in [1.54, 1.807) is 0 Å². The van der Waals surface area contributed by atoms with Crippen LogP contribution in [0.2, 0.25) is 0 Å². The number of nitrogen functional groups attached to an aromatic ring is 1. The van der Waals surface area contributed by atoms with Gasteiger partial charge in [0.15, 0.2) is 10.8 Å². The molecule has 29 heavy (non-hydrogen) atoms. The number of carbonyl (C=O) groups excluding carboxylic acids is 2. The fraction of sp³-hybridized carbons (Fsp3) is 0.357. The van der Waals surface area contributed by atoms with Crippen molar-refractivity contribution in [1.29, 1.82) is 0 Å².